The third kappa shape index (κ3) is 4.46. The summed E-state index contributed by atoms with van der Waals surface area (Å²) in [5.41, 5.74) is 6.60. The molecule has 0 radical (unpaired) electrons. The molecule has 0 aliphatic carbocycles. The molecule has 2 aromatic carbocycles. The first-order valence-electron chi connectivity index (χ1n) is 11.3. The maximum Gasteiger partial charge on any atom is 0.258 e. The highest BCUT2D eigenvalue weighted by Crippen LogP contribution is 2.37. The first-order valence-corrected chi connectivity index (χ1v) is 11.7. The smallest absolute Gasteiger partial charge is 0.258 e. The molecule has 1 atom stereocenters. The molecule has 1 N–H and O–H groups in total. The first kappa shape index (κ1) is 22.2. The van der Waals surface area contributed by atoms with E-state index < -0.39 is 0 Å². The number of allylic oxidation sites excluding steroid dienone is 1. The second-order valence-corrected chi connectivity index (χ2v) is 8.66. The largest absolute Gasteiger partial charge is 0.351 e. The van der Waals surface area contributed by atoms with Crippen molar-refractivity contribution in [3.05, 3.63) is 76.8 Å². The summed E-state index contributed by atoms with van der Waals surface area (Å²) in [7, 11) is 0. The molecule has 3 aromatic rings. The summed E-state index contributed by atoms with van der Waals surface area (Å²) < 4.78 is 5.82. The van der Waals surface area contributed by atoms with Gasteiger partial charge in [0.05, 0.1) is 11.6 Å². The van der Waals surface area contributed by atoms with Crippen LogP contribution in [-0.4, -0.2) is 26.7 Å². The molecule has 1 aromatic heterocycles. The number of benzene rings is 2. The van der Waals surface area contributed by atoms with Gasteiger partial charge >= 0.3 is 0 Å². The molecule has 1 unspecified atom stereocenters. The minimum absolute atomic E-state index is 0.142. The quantitative estimate of drug-likeness (QED) is 0.445. The van der Waals surface area contributed by atoms with Gasteiger partial charge in [0.1, 0.15) is 0 Å². The fraction of sp³-hybridized carbons (Fsp3) is 0.346. The highest BCUT2D eigenvalue weighted by Gasteiger charge is 2.33. The molecule has 4 rings (SSSR count). The Labute approximate surface area is 195 Å². The van der Waals surface area contributed by atoms with Crippen molar-refractivity contribution in [3.63, 3.8) is 0 Å². The van der Waals surface area contributed by atoms with Crippen LogP contribution in [0.4, 0.5) is 0 Å². The monoisotopic (exact) mass is 446 g/mol. The van der Waals surface area contributed by atoms with Crippen molar-refractivity contribution in [2.24, 2.45) is 0 Å². The molecule has 166 valence electrons. The van der Waals surface area contributed by atoms with E-state index in [4.69, 9.17) is 21.7 Å². The van der Waals surface area contributed by atoms with Crippen LogP contribution in [0.15, 0.2) is 58.8 Å². The summed E-state index contributed by atoms with van der Waals surface area (Å²) in [5.74, 6) is 1.12. The second kappa shape index (κ2) is 9.65. The number of hydrogen-bond acceptors (Lipinski definition) is 4. The molecule has 0 fully saturated rings. The van der Waals surface area contributed by atoms with Crippen molar-refractivity contribution in [2.75, 3.05) is 6.54 Å². The number of aromatic nitrogens is 2. The Bertz CT molecular complexity index is 1120. The number of hydrogen-bond donors (Lipinski definition) is 1. The predicted molar refractivity (Wildman–Crippen MR) is 133 cm³/mol. The average Bonchev–Trinajstić information content (AvgIpc) is 3.29. The number of rotatable bonds is 7. The lowest BCUT2D eigenvalue weighted by molar-refractivity contribution is 0.395. The Hall–Kier alpha value is -2.99. The molecule has 1 aliphatic heterocycles. The highest BCUT2D eigenvalue weighted by molar-refractivity contribution is 7.80. The van der Waals surface area contributed by atoms with E-state index in [0.717, 1.165) is 53.3 Å². The Kier molecular flexibility index (Phi) is 6.70. The maximum absolute atomic E-state index is 5.82. The van der Waals surface area contributed by atoms with Crippen LogP contribution in [0.2, 0.25) is 0 Å². The van der Waals surface area contributed by atoms with Gasteiger partial charge in [-0.1, -0.05) is 79.5 Å². The highest BCUT2D eigenvalue weighted by atomic mass is 32.1. The van der Waals surface area contributed by atoms with Crippen LogP contribution in [0.3, 0.4) is 0 Å². The zero-order chi connectivity index (χ0) is 22.7. The third-order valence-electron chi connectivity index (χ3n) is 6.02. The summed E-state index contributed by atoms with van der Waals surface area (Å²) in [5, 5.41) is 8.56. The number of thiocarbonyl (C=S) groups is 1. The summed E-state index contributed by atoms with van der Waals surface area (Å²) in [6, 6.07) is 16.7. The third-order valence-corrected chi connectivity index (χ3v) is 6.36. The van der Waals surface area contributed by atoms with Crippen LogP contribution < -0.4 is 5.32 Å². The van der Waals surface area contributed by atoms with Crippen LogP contribution in [0.25, 0.3) is 17.0 Å². The zero-order valence-corrected chi connectivity index (χ0v) is 20.0. The van der Waals surface area contributed by atoms with Crippen LogP contribution in [0.1, 0.15) is 62.2 Å². The van der Waals surface area contributed by atoms with E-state index >= 15 is 0 Å². The molecule has 0 spiro atoms. The summed E-state index contributed by atoms with van der Waals surface area (Å²) in [6.45, 7) is 9.37. The van der Waals surface area contributed by atoms with E-state index in [1.54, 1.807) is 0 Å². The van der Waals surface area contributed by atoms with Gasteiger partial charge in [-0.25, -0.2) is 0 Å². The standard InChI is InChI=1S/C26H30N4OS/c1-5-7-16-30-18(4)22(23(27-26(30)32)20-12-8-17(3)9-13-20)25-28-24(29-31-25)21-14-10-19(6-2)11-15-21/h8-15,23H,5-7,16H2,1-4H3,(H,27,32). The van der Waals surface area contributed by atoms with E-state index in [2.05, 4.69) is 79.5 Å². The van der Waals surface area contributed by atoms with Crippen LogP contribution in [0, 0.1) is 6.92 Å². The summed E-state index contributed by atoms with van der Waals surface area (Å²) in [6.07, 6.45) is 3.16. The number of nitrogens with one attached hydrogen (secondary N) is 1. The SMILES string of the molecule is CCCCN1C(=S)NC(c2ccc(C)cc2)C(c2nc(-c3ccc(CC)cc3)no2)=C1C. The minimum Gasteiger partial charge on any atom is -0.351 e. The molecule has 2 heterocycles. The first-order chi connectivity index (χ1) is 15.5. The van der Waals surface area contributed by atoms with Gasteiger partial charge in [-0.2, -0.15) is 4.98 Å². The normalized spacial score (nSPS) is 16.4. The molecule has 0 saturated heterocycles. The van der Waals surface area contributed by atoms with Gasteiger partial charge in [0.25, 0.3) is 5.89 Å². The molecule has 0 amide bonds. The van der Waals surface area contributed by atoms with Crippen molar-refractivity contribution in [1.82, 2.24) is 20.4 Å². The summed E-state index contributed by atoms with van der Waals surface area (Å²) >= 11 is 5.74. The van der Waals surface area contributed by atoms with Crippen LogP contribution in [-0.2, 0) is 6.42 Å². The van der Waals surface area contributed by atoms with Crippen molar-refractivity contribution in [1.29, 1.82) is 0 Å². The van der Waals surface area contributed by atoms with Crippen molar-refractivity contribution in [3.8, 4) is 11.4 Å². The van der Waals surface area contributed by atoms with Gasteiger partial charge in [-0.05, 0) is 50.0 Å². The molecule has 5 nitrogen and oxygen atoms in total. The van der Waals surface area contributed by atoms with Crippen molar-refractivity contribution < 1.29 is 4.52 Å². The maximum atomic E-state index is 5.82. The number of unbranched alkanes of at least 4 members (excludes halogenated alkanes) is 1. The fourth-order valence-electron chi connectivity index (χ4n) is 3.99. The molecule has 0 saturated carbocycles. The Morgan fingerprint density at radius 3 is 2.41 bits per heavy atom. The molecule has 32 heavy (non-hydrogen) atoms. The van der Waals surface area contributed by atoms with E-state index in [-0.39, 0.29) is 6.04 Å². The number of nitrogens with zero attached hydrogens (tertiary/aromatic N) is 3. The Balaban J connectivity index is 1.76. The predicted octanol–water partition coefficient (Wildman–Crippen LogP) is 6.07. The van der Waals surface area contributed by atoms with E-state index in [0.29, 0.717) is 11.7 Å². The Morgan fingerprint density at radius 2 is 1.75 bits per heavy atom. The molecular weight excluding hydrogens is 416 g/mol. The lowest BCUT2D eigenvalue weighted by Gasteiger charge is -2.37. The van der Waals surface area contributed by atoms with Crippen LogP contribution >= 0.6 is 12.2 Å². The van der Waals surface area contributed by atoms with Gasteiger partial charge < -0.3 is 14.7 Å². The topological polar surface area (TPSA) is 54.2 Å². The molecule has 6 heteroatoms. The average molecular weight is 447 g/mol. The van der Waals surface area contributed by atoms with Gasteiger partial charge in [-0.15, -0.1) is 0 Å². The minimum atomic E-state index is -0.142. The lowest BCUT2D eigenvalue weighted by atomic mass is 9.94. The lowest BCUT2D eigenvalue weighted by Crippen LogP contribution is -2.46. The van der Waals surface area contributed by atoms with Gasteiger partial charge in [0.2, 0.25) is 5.82 Å². The van der Waals surface area contributed by atoms with E-state index in [1.807, 2.05) is 12.1 Å². The van der Waals surface area contributed by atoms with Gasteiger partial charge in [0.15, 0.2) is 5.11 Å². The van der Waals surface area contributed by atoms with Gasteiger partial charge in [0, 0.05) is 17.8 Å². The molecular formula is C26H30N4OS. The van der Waals surface area contributed by atoms with E-state index in [9.17, 15) is 0 Å². The van der Waals surface area contributed by atoms with E-state index in [1.165, 1.54) is 11.1 Å². The fourth-order valence-corrected chi connectivity index (χ4v) is 4.34. The van der Waals surface area contributed by atoms with Crippen molar-refractivity contribution >= 4 is 22.9 Å². The molecule has 1 aliphatic rings. The van der Waals surface area contributed by atoms with Crippen LogP contribution in [0.5, 0.6) is 0 Å². The second-order valence-electron chi connectivity index (χ2n) is 8.27. The summed E-state index contributed by atoms with van der Waals surface area (Å²) in [4.78, 5) is 6.95. The van der Waals surface area contributed by atoms with Gasteiger partial charge in [-0.3, -0.25) is 0 Å². The number of aryl methyl sites for hydroxylation is 2. The molecule has 0 bridgehead atoms. The zero-order valence-electron chi connectivity index (χ0n) is 19.2. The van der Waals surface area contributed by atoms with Crippen molar-refractivity contribution in [2.45, 2.75) is 53.0 Å². The Morgan fingerprint density at radius 1 is 1.03 bits per heavy atom.